The molecule has 0 saturated carbocycles. The summed E-state index contributed by atoms with van der Waals surface area (Å²) < 4.78 is 6.59. The third-order valence-corrected chi connectivity index (χ3v) is 11.2. The van der Waals surface area contributed by atoms with Crippen LogP contribution in [0, 0.1) is 5.92 Å². The summed E-state index contributed by atoms with van der Waals surface area (Å²) in [5, 5.41) is 2.45. The van der Waals surface area contributed by atoms with Gasteiger partial charge in [0.15, 0.2) is 0 Å². The van der Waals surface area contributed by atoms with Gasteiger partial charge in [-0.05, 0) is 58.8 Å². The maximum Gasteiger partial charge on any atom is 0.243 e. The molecule has 0 saturated heterocycles. The highest BCUT2D eigenvalue weighted by atomic mass is 32.2. The molecule has 35 heavy (non-hydrogen) atoms. The predicted octanol–water partition coefficient (Wildman–Crippen LogP) is 7.26. The van der Waals surface area contributed by atoms with Crippen molar-refractivity contribution in [3.8, 4) is 11.1 Å². The van der Waals surface area contributed by atoms with Gasteiger partial charge < -0.3 is 4.42 Å². The van der Waals surface area contributed by atoms with Gasteiger partial charge in [0.2, 0.25) is 6.71 Å². The lowest BCUT2D eigenvalue weighted by Crippen LogP contribution is -2.57. The van der Waals surface area contributed by atoms with Gasteiger partial charge >= 0.3 is 0 Å². The number of hydrogen-bond donors (Lipinski definition) is 0. The number of allylic oxidation sites excluding steroid dienone is 3. The molecule has 0 fully saturated rings. The first kappa shape index (κ1) is 18.2. The highest BCUT2D eigenvalue weighted by molar-refractivity contribution is 8.04. The van der Waals surface area contributed by atoms with E-state index in [2.05, 4.69) is 78.9 Å². The van der Waals surface area contributed by atoms with E-state index < -0.39 is 0 Å². The Labute approximate surface area is 211 Å². The zero-order valence-electron chi connectivity index (χ0n) is 18.7. The summed E-state index contributed by atoms with van der Waals surface area (Å²) in [7, 11) is 0. The molecule has 0 spiro atoms. The molecule has 162 valence electrons. The van der Waals surface area contributed by atoms with Gasteiger partial charge in [0.1, 0.15) is 11.2 Å². The largest absolute Gasteiger partial charge is 0.455 e. The molecular formula is C31H17BOS2. The van der Waals surface area contributed by atoms with Crippen molar-refractivity contribution in [2.75, 3.05) is 0 Å². The van der Waals surface area contributed by atoms with Crippen molar-refractivity contribution in [1.82, 2.24) is 0 Å². The van der Waals surface area contributed by atoms with Crippen LogP contribution >= 0.6 is 23.5 Å². The summed E-state index contributed by atoms with van der Waals surface area (Å²) in [6.07, 6.45) is 5.95. The number of furan rings is 1. The second-order valence-corrected chi connectivity index (χ2v) is 12.5. The Hall–Kier alpha value is -3.08. The molecule has 4 heterocycles. The molecule has 1 aromatic heterocycles. The number of para-hydroxylation sites is 1. The molecule has 5 aromatic rings. The smallest absolute Gasteiger partial charge is 0.243 e. The molecule has 0 amide bonds. The minimum Gasteiger partial charge on any atom is -0.455 e. The molecule has 0 bridgehead atoms. The monoisotopic (exact) mass is 480 g/mol. The molecule has 4 heteroatoms. The Morgan fingerprint density at radius 3 is 2.66 bits per heavy atom. The van der Waals surface area contributed by atoms with E-state index in [1.807, 2.05) is 23.5 Å². The first-order valence-corrected chi connectivity index (χ1v) is 14.0. The third-order valence-electron chi connectivity index (χ3n) is 8.84. The second kappa shape index (κ2) is 6.00. The summed E-state index contributed by atoms with van der Waals surface area (Å²) >= 11 is 3.97. The topological polar surface area (TPSA) is 13.1 Å². The minimum absolute atomic E-state index is 0.398. The molecule has 5 aliphatic rings. The van der Waals surface area contributed by atoms with E-state index in [1.54, 1.807) is 22.0 Å². The minimum atomic E-state index is 0.398. The van der Waals surface area contributed by atoms with Crippen molar-refractivity contribution in [2.45, 2.75) is 27.0 Å². The fraction of sp³-hybridized carbons (Fsp3) is 0.0968. The van der Waals surface area contributed by atoms with Gasteiger partial charge in [0.25, 0.3) is 0 Å². The fourth-order valence-corrected chi connectivity index (χ4v) is 10.2. The summed E-state index contributed by atoms with van der Waals surface area (Å²) in [4.78, 5) is 5.83. The third kappa shape index (κ3) is 1.99. The summed E-state index contributed by atoms with van der Waals surface area (Å²) in [6, 6.07) is 24.9. The molecule has 2 unspecified atom stereocenters. The molecule has 3 aliphatic heterocycles. The Morgan fingerprint density at radius 1 is 0.800 bits per heavy atom. The van der Waals surface area contributed by atoms with E-state index in [0.717, 1.165) is 17.6 Å². The van der Waals surface area contributed by atoms with Crippen LogP contribution in [0.25, 0.3) is 33.1 Å². The van der Waals surface area contributed by atoms with Crippen molar-refractivity contribution < 1.29 is 4.42 Å². The van der Waals surface area contributed by atoms with Gasteiger partial charge in [-0.2, -0.15) is 0 Å². The Balaban J connectivity index is 1.37. The van der Waals surface area contributed by atoms with Crippen LogP contribution < -0.4 is 10.9 Å². The Bertz CT molecular complexity index is 1910. The standard InChI is InChI=1S/C31H17BOS2/c1-2-7-20-15(5-1)16-11-12-17-25-19-6-3-8-21-28(19)32-29-22(34-21)9-4-10-23(29)35-24-14-13-18(27(25)30(24)32)26(17)31(16)33-20/h1-5,7-14,19,25H,6H2. The van der Waals surface area contributed by atoms with Crippen molar-refractivity contribution in [3.05, 3.63) is 100 Å². The van der Waals surface area contributed by atoms with E-state index in [1.165, 1.54) is 47.1 Å². The molecular weight excluding hydrogens is 463 g/mol. The van der Waals surface area contributed by atoms with Crippen LogP contribution in [0.4, 0.5) is 0 Å². The SMILES string of the molecule is C1=CC2=C3B4c5c(cccc5Sc5ccc6c(c54)C(c4ccc5c(oc7ccccc75)c4-6)C3C1)S2. The normalized spacial score (nSPS) is 21.7. The predicted molar refractivity (Wildman–Crippen MR) is 147 cm³/mol. The lowest BCUT2D eigenvalue weighted by atomic mass is 9.29. The zero-order valence-corrected chi connectivity index (χ0v) is 20.3. The van der Waals surface area contributed by atoms with Crippen molar-refractivity contribution in [2.24, 2.45) is 5.92 Å². The van der Waals surface area contributed by atoms with E-state index >= 15 is 0 Å². The molecule has 4 aromatic carbocycles. The number of rotatable bonds is 0. The van der Waals surface area contributed by atoms with Crippen LogP contribution in [0.2, 0.25) is 0 Å². The van der Waals surface area contributed by atoms with E-state index in [9.17, 15) is 0 Å². The number of benzene rings is 4. The molecule has 0 N–H and O–H groups in total. The molecule has 0 radical (unpaired) electrons. The highest BCUT2D eigenvalue weighted by Gasteiger charge is 2.53. The number of fused-ring (bicyclic) bond motifs is 8. The fourth-order valence-electron chi connectivity index (χ4n) is 7.64. The Morgan fingerprint density at radius 2 is 1.69 bits per heavy atom. The van der Waals surface area contributed by atoms with Gasteiger partial charge in [0, 0.05) is 41.8 Å². The van der Waals surface area contributed by atoms with Crippen LogP contribution in [0.15, 0.2) is 108 Å². The van der Waals surface area contributed by atoms with Crippen LogP contribution in [0.5, 0.6) is 0 Å². The van der Waals surface area contributed by atoms with Gasteiger partial charge in [-0.25, -0.2) is 0 Å². The maximum atomic E-state index is 6.59. The van der Waals surface area contributed by atoms with Crippen molar-refractivity contribution >= 4 is 63.1 Å². The average molecular weight is 480 g/mol. The van der Waals surface area contributed by atoms with Gasteiger partial charge in [0.05, 0.1) is 0 Å². The van der Waals surface area contributed by atoms with Crippen LogP contribution in [0.3, 0.4) is 0 Å². The van der Waals surface area contributed by atoms with E-state index in [0.29, 0.717) is 18.5 Å². The first-order chi connectivity index (χ1) is 17.4. The molecule has 2 atom stereocenters. The first-order valence-electron chi connectivity index (χ1n) is 12.4. The quantitative estimate of drug-likeness (QED) is 0.217. The number of hydrogen-bond acceptors (Lipinski definition) is 3. The average Bonchev–Trinajstić information content (AvgIpc) is 3.44. The van der Waals surface area contributed by atoms with Crippen LogP contribution in [-0.4, -0.2) is 6.71 Å². The lowest BCUT2D eigenvalue weighted by Gasteiger charge is -2.45. The van der Waals surface area contributed by atoms with Crippen LogP contribution in [-0.2, 0) is 0 Å². The zero-order chi connectivity index (χ0) is 22.4. The maximum absolute atomic E-state index is 6.59. The van der Waals surface area contributed by atoms with E-state index in [4.69, 9.17) is 4.42 Å². The van der Waals surface area contributed by atoms with Gasteiger partial charge in [-0.3, -0.25) is 0 Å². The van der Waals surface area contributed by atoms with Gasteiger partial charge in [-0.1, -0.05) is 89.1 Å². The van der Waals surface area contributed by atoms with Gasteiger partial charge in [-0.15, -0.1) is 0 Å². The number of thioether (sulfide) groups is 1. The Kier molecular flexibility index (Phi) is 3.13. The van der Waals surface area contributed by atoms with Crippen molar-refractivity contribution in [1.29, 1.82) is 0 Å². The summed E-state index contributed by atoms with van der Waals surface area (Å²) in [5.41, 5.74) is 12.7. The lowest BCUT2D eigenvalue weighted by molar-refractivity contribution is 0.562. The molecule has 10 rings (SSSR count). The molecule has 1 nitrogen and oxygen atoms in total. The van der Waals surface area contributed by atoms with E-state index in [-0.39, 0.29) is 0 Å². The second-order valence-electron chi connectivity index (χ2n) is 10.3. The summed E-state index contributed by atoms with van der Waals surface area (Å²) in [5.74, 6) is 0.924. The van der Waals surface area contributed by atoms with Crippen molar-refractivity contribution in [3.63, 3.8) is 0 Å². The summed E-state index contributed by atoms with van der Waals surface area (Å²) in [6.45, 7) is 0.398. The molecule has 2 aliphatic carbocycles. The van der Waals surface area contributed by atoms with Crippen LogP contribution in [0.1, 0.15) is 23.5 Å². The highest BCUT2D eigenvalue weighted by Crippen LogP contribution is 2.60.